The molecule has 1 aromatic rings. The molecule has 0 bridgehead atoms. The summed E-state index contributed by atoms with van der Waals surface area (Å²) in [7, 11) is 0. The SMILES string of the molecule is N#CC=CC(C=CC(=O)O)=Cc1ccccc1. The van der Waals surface area contributed by atoms with Crippen molar-refractivity contribution in [3.8, 4) is 6.07 Å². The first-order chi connectivity index (χ1) is 8.22. The molecule has 0 unspecified atom stereocenters. The molecular formula is C14H11NO2. The maximum atomic E-state index is 10.4. The molecular weight excluding hydrogens is 214 g/mol. The van der Waals surface area contributed by atoms with Gasteiger partial charge in [-0.25, -0.2) is 4.79 Å². The van der Waals surface area contributed by atoms with Gasteiger partial charge >= 0.3 is 5.97 Å². The lowest BCUT2D eigenvalue weighted by atomic mass is 10.1. The average Bonchev–Trinajstić information content (AvgIpc) is 2.34. The third kappa shape index (κ3) is 5.14. The molecule has 0 spiro atoms. The third-order valence-corrected chi connectivity index (χ3v) is 1.90. The highest BCUT2D eigenvalue weighted by atomic mass is 16.4. The lowest BCUT2D eigenvalue weighted by molar-refractivity contribution is -0.131. The Bertz CT molecular complexity index is 505. The van der Waals surface area contributed by atoms with Crippen molar-refractivity contribution in [2.75, 3.05) is 0 Å². The van der Waals surface area contributed by atoms with Gasteiger partial charge in [0, 0.05) is 12.2 Å². The van der Waals surface area contributed by atoms with Gasteiger partial charge in [0.05, 0.1) is 6.07 Å². The van der Waals surface area contributed by atoms with Gasteiger partial charge in [0.15, 0.2) is 0 Å². The smallest absolute Gasteiger partial charge is 0.328 e. The Morgan fingerprint density at radius 3 is 2.47 bits per heavy atom. The van der Waals surface area contributed by atoms with Gasteiger partial charge in [0.1, 0.15) is 0 Å². The fourth-order valence-corrected chi connectivity index (χ4v) is 1.19. The number of nitriles is 1. The minimum atomic E-state index is -1.02. The summed E-state index contributed by atoms with van der Waals surface area (Å²) in [6.07, 6.45) is 7.15. The van der Waals surface area contributed by atoms with E-state index in [1.54, 1.807) is 12.2 Å². The largest absolute Gasteiger partial charge is 0.478 e. The van der Waals surface area contributed by atoms with Crippen molar-refractivity contribution in [2.45, 2.75) is 0 Å². The lowest BCUT2D eigenvalue weighted by Crippen LogP contribution is -1.86. The number of rotatable bonds is 4. The molecule has 0 aliphatic rings. The number of carboxylic acids is 1. The highest BCUT2D eigenvalue weighted by Gasteiger charge is 1.91. The van der Waals surface area contributed by atoms with E-state index in [1.165, 1.54) is 12.2 Å². The molecule has 1 aromatic carbocycles. The van der Waals surface area contributed by atoms with Crippen LogP contribution in [0.5, 0.6) is 0 Å². The number of benzene rings is 1. The normalized spacial score (nSPS) is 11.8. The van der Waals surface area contributed by atoms with Gasteiger partial charge in [-0.05, 0) is 29.4 Å². The van der Waals surface area contributed by atoms with Gasteiger partial charge in [-0.3, -0.25) is 0 Å². The predicted octanol–water partition coefficient (Wildman–Crippen LogP) is 2.79. The molecule has 0 aromatic heterocycles. The van der Waals surface area contributed by atoms with Gasteiger partial charge in [0.2, 0.25) is 0 Å². The number of carbonyl (C=O) groups is 1. The highest BCUT2D eigenvalue weighted by Crippen LogP contribution is 2.09. The summed E-state index contributed by atoms with van der Waals surface area (Å²) < 4.78 is 0. The maximum Gasteiger partial charge on any atom is 0.328 e. The summed E-state index contributed by atoms with van der Waals surface area (Å²) in [6, 6.07) is 11.3. The summed E-state index contributed by atoms with van der Waals surface area (Å²) in [4.78, 5) is 10.4. The molecule has 84 valence electrons. The van der Waals surface area contributed by atoms with Crippen LogP contribution in [-0.4, -0.2) is 11.1 Å². The summed E-state index contributed by atoms with van der Waals surface area (Å²) in [5.74, 6) is -1.02. The van der Waals surface area contributed by atoms with E-state index in [0.29, 0.717) is 5.57 Å². The Morgan fingerprint density at radius 1 is 1.18 bits per heavy atom. The van der Waals surface area contributed by atoms with E-state index >= 15 is 0 Å². The topological polar surface area (TPSA) is 61.1 Å². The van der Waals surface area contributed by atoms with Crippen LogP contribution in [0.15, 0.2) is 60.2 Å². The Labute approximate surface area is 99.6 Å². The van der Waals surface area contributed by atoms with Crippen molar-refractivity contribution >= 4 is 12.0 Å². The minimum Gasteiger partial charge on any atom is -0.478 e. The molecule has 1 rings (SSSR count). The van der Waals surface area contributed by atoms with E-state index in [-0.39, 0.29) is 0 Å². The first kappa shape index (κ1) is 12.5. The molecule has 0 fully saturated rings. The van der Waals surface area contributed by atoms with Gasteiger partial charge in [-0.2, -0.15) is 5.26 Å². The van der Waals surface area contributed by atoms with Crippen LogP contribution < -0.4 is 0 Å². The van der Waals surface area contributed by atoms with Crippen molar-refractivity contribution in [3.63, 3.8) is 0 Å². The molecule has 0 radical (unpaired) electrons. The second-order valence-electron chi connectivity index (χ2n) is 3.19. The number of hydrogen-bond donors (Lipinski definition) is 1. The number of hydrogen-bond acceptors (Lipinski definition) is 2. The molecule has 0 amide bonds. The van der Waals surface area contributed by atoms with E-state index < -0.39 is 5.97 Å². The molecule has 0 saturated heterocycles. The van der Waals surface area contributed by atoms with Crippen molar-refractivity contribution in [2.24, 2.45) is 0 Å². The Morgan fingerprint density at radius 2 is 1.88 bits per heavy atom. The van der Waals surface area contributed by atoms with E-state index in [4.69, 9.17) is 10.4 Å². The van der Waals surface area contributed by atoms with Gasteiger partial charge in [-0.1, -0.05) is 30.3 Å². The van der Waals surface area contributed by atoms with Gasteiger partial charge in [0.25, 0.3) is 0 Å². The van der Waals surface area contributed by atoms with Crippen molar-refractivity contribution in [3.05, 3.63) is 65.8 Å². The Balaban J connectivity index is 2.99. The first-order valence-corrected chi connectivity index (χ1v) is 4.96. The second-order valence-corrected chi connectivity index (χ2v) is 3.19. The van der Waals surface area contributed by atoms with E-state index in [2.05, 4.69) is 0 Å². The summed E-state index contributed by atoms with van der Waals surface area (Å²) in [6.45, 7) is 0. The summed E-state index contributed by atoms with van der Waals surface area (Å²) in [5, 5.41) is 17.0. The fraction of sp³-hybridized carbons (Fsp3) is 0. The van der Waals surface area contributed by atoms with Crippen molar-refractivity contribution in [1.29, 1.82) is 5.26 Å². The van der Waals surface area contributed by atoms with Crippen molar-refractivity contribution in [1.82, 2.24) is 0 Å². The van der Waals surface area contributed by atoms with E-state index in [1.807, 2.05) is 36.4 Å². The van der Waals surface area contributed by atoms with Crippen LogP contribution in [0.25, 0.3) is 6.08 Å². The molecule has 3 nitrogen and oxygen atoms in total. The number of nitrogens with zero attached hydrogens (tertiary/aromatic N) is 1. The van der Waals surface area contributed by atoms with E-state index in [0.717, 1.165) is 11.6 Å². The fourth-order valence-electron chi connectivity index (χ4n) is 1.19. The molecule has 17 heavy (non-hydrogen) atoms. The molecule has 3 heteroatoms. The predicted molar refractivity (Wildman–Crippen MR) is 65.9 cm³/mol. The van der Waals surface area contributed by atoms with Gasteiger partial charge in [-0.15, -0.1) is 0 Å². The number of carboxylic acid groups (broad SMARTS) is 1. The molecule has 0 atom stereocenters. The van der Waals surface area contributed by atoms with E-state index in [9.17, 15) is 4.79 Å². The van der Waals surface area contributed by atoms with Crippen LogP contribution in [0.1, 0.15) is 5.56 Å². The Kier molecular flexibility index (Phi) is 4.99. The van der Waals surface area contributed by atoms with Crippen LogP contribution in [0.2, 0.25) is 0 Å². The second kappa shape index (κ2) is 6.81. The van der Waals surface area contributed by atoms with Crippen LogP contribution in [0.3, 0.4) is 0 Å². The van der Waals surface area contributed by atoms with Gasteiger partial charge < -0.3 is 5.11 Å². The summed E-state index contributed by atoms with van der Waals surface area (Å²) >= 11 is 0. The zero-order valence-corrected chi connectivity index (χ0v) is 9.08. The Hall–Kier alpha value is -2.60. The van der Waals surface area contributed by atoms with Crippen LogP contribution >= 0.6 is 0 Å². The standard InChI is InChI=1S/C14H11NO2/c15-10-4-7-13(8-9-14(16)17)11-12-5-2-1-3-6-12/h1-9,11H,(H,16,17). The molecule has 0 heterocycles. The lowest BCUT2D eigenvalue weighted by Gasteiger charge is -1.95. The average molecular weight is 225 g/mol. The zero-order chi connectivity index (χ0) is 12.5. The van der Waals surface area contributed by atoms with Crippen LogP contribution in [0, 0.1) is 11.3 Å². The molecule has 0 saturated carbocycles. The van der Waals surface area contributed by atoms with Crippen LogP contribution in [-0.2, 0) is 4.79 Å². The number of allylic oxidation sites excluding steroid dienone is 4. The third-order valence-electron chi connectivity index (χ3n) is 1.90. The summed E-state index contributed by atoms with van der Waals surface area (Å²) in [5.41, 5.74) is 1.60. The first-order valence-electron chi connectivity index (χ1n) is 4.96. The molecule has 1 N–H and O–H groups in total. The van der Waals surface area contributed by atoms with Crippen LogP contribution in [0.4, 0.5) is 0 Å². The van der Waals surface area contributed by atoms with Crippen molar-refractivity contribution < 1.29 is 9.90 Å². The quantitative estimate of drug-likeness (QED) is 0.487. The monoisotopic (exact) mass is 225 g/mol. The molecule has 0 aliphatic carbocycles. The highest BCUT2D eigenvalue weighted by molar-refractivity contribution is 5.81. The maximum absolute atomic E-state index is 10.4. The molecule has 0 aliphatic heterocycles. The minimum absolute atomic E-state index is 0.653. The zero-order valence-electron chi connectivity index (χ0n) is 9.08. The number of aliphatic carboxylic acids is 1.